The van der Waals surface area contributed by atoms with Crippen LogP contribution >= 0.6 is 34.5 Å². The quantitative estimate of drug-likeness (QED) is 0.240. The summed E-state index contributed by atoms with van der Waals surface area (Å²) in [4.78, 5) is 31.9. The van der Waals surface area contributed by atoms with Crippen molar-refractivity contribution >= 4 is 46.6 Å². The molecule has 4 aromatic rings. The van der Waals surface area contributed by atoms with E-state index in [0.717, 1.165) is 16.7 Å². The molecule has 0 radical (unpaired) electrons. The molecule has 0 bridgehead atoms. The van der Waals surface area contributed by atoms with Crippen molar-refractivity contribution < 1.29 is 19.0 Å². The van der Waals surface area contributed by atoms with Crippen LogP contribution in [0, 0.1) is 0 Å². The molecule has 2 heterocycles. The lowest BCUT2D eigenvalue weighted by Crippen LogP contribution is -2.39. The number of carbonyl (C=O) groups is 1. The minimum Gasteiger partial charge on any atom is -0.497 e. The third-order valence-corrected chi connectivity index (χ3v) is 8.11. The van der Waals surface area contributed by atoms with E-state index in [2.05, 4.69) is 4.99 Å². The lowest BCUT2D eigenvalue weighted by Gasteiger charge is -2.24. The SMILES string of the molecule is CCOC(=O)C1=C(C)N=c2s/c(=C\c3ccc(OCc4ccc(Cl)cc4Cl)cc3)c(=O)n2[C@H]1c1ccc(OC)cc1. The highest BCUT2D eigenvalue weighted by Crippen LogP contribution is 2.31. The maximum atomic E-state index is 13.8. The first-order chi connectivity index (χ1) is 19.8. The molecule has 1 atom stereocenters. The molecule has 0 N–H and O–H groups in total. The zero-order valence-electron chi connectivity index (χ0n) is 22.5. The molecule has 0 saturated heterocycles. The molecule has 10 heteroatoms. The van der Waals surface area contributed by atoms with Gasteiger partial charge in [-0.15, -0.1) is 0 Å². The van der Waals surface area contributed by atoms with Gasteiger partial charge in [-0.3, -0.25) is 9.36 Å². The summed E-state index contributed by atoms with van der Waals surface area (Å²) in [7, 11) is 1.58. The number of halogens is 2. The second-order valence-electron chi connectivity index (χ2n) is 9.17. The number of benzene rings is 3. The van der Waals surface area contributed by atoms with Crippen molar-refractivity contribution in [1.29, 1.82) is 0 Å². The average Bonchev–Trinajstić information content (AvgIpc) is 3.26. The van der Waals surface area contributed by atoms with Gasteiger partial charge >= 0.3 is 5.97 Å². The van der Waals surface area contributed by atoms with E-state index in [-0.39, 0.29) is 12.2 Å². The van der Waals surface area contributed by atoms with E-state index in [4.69, 9.17) is 37.4 Å². The van der Waals surface area contributed by atoms with Gasteiger partial charge in [0.25, 0.3) is 5.56 Å². The molecule has 3 aromatic carbocycles. The molecule has 1 aliphatic rings. The minimum absolute atomic E-state index is 0.210. The van der Waals surface area contributed by atoms with Crippen LogP contribution in [0.5, 0.6) is 11.5 Å². The van der Waals surface area contributed by atoms with Gasteiger partial charge in [-0.05, 0) is 67.4 Å². The number of fused-ring (bicyclic) bond motifs is 1. The number of hydrogen-bond donors (Lipinski definition) is 0. The van der Waals surface area contributed by atoms with Gasteiger partial charge in [-0.2, -0.15) is 0 Å². The number of rotatable bonds is 8. The molecule has 5 rings (SSSR count). The van der Waals surface area contributed by atoms with Gasteiger partial charge in [0.2, 0.25) is 0 Å². The largest absolute Gasteiger partial charge is 0.497 e. The fourth-order valence-electron chi connectivity index (χ4n) is 4.50. The van der Waals surface area contributed by atoms with Crippen LogP contribution in [-0.2, 0) is 16.1 Å². The van der Waals surface area contributed by atoms with Crippen molar-refractivity contribution in [2.24, 2.45) is 4.99 Å². The fourth-order valence-corrected chi connectivity index (χ4v) is 6.01. The number of ether oxygens (including phenoxy) is 3. The molecule has 0 saturated carbocycles. The van der Waals surface area contributed by atoms with Crippen molar-refractivity contribution in [2.45, 2.75) is 26.5 Å². The van der Waals surface area contributed by atoms with Crippen molar-refractivity contribution in [3.8, 4) is 11.5 Å². The van der Waals surface area contributed by atoms with Crippen LogP contribution in [0.25, 0.3) is 6.08 Å². The first-order valence-electron chi connectivity index (χ1n) is 12.8. The van der Waals surface area contributed by atoms with Gasteiger partial charge in [-0.1, -0.05) is 64.9 Å². The van der Waals surface area contributed by atoms with Crippen molar-refractivity contribution in [3.63, 3.8) is 0 Å². The highest BCUT2D eigenvalue weighted by molar-refractivity contribution is 7.07. The summed E-state index contributed by atoms with van der Waals surface area (Å²) in [6.07, 6.45) is 1.80. The van der Waals surface area contributed by atoms with Gasteiger partial charge < -0.3 is 14.2 Å². The highest BCUT2D eigenvalue weighted by Gasteiger charge is 2.33. The summed E-state index contributed by atoms with van der Waals surface area (Å²) in [5.41, 5.74) is 2.98. The Balaban J connectivity index is 1.48. The predicted octanol–water partition coefficient (Wildman–Crippen LogP) is 5.69. The molecule has 0 aliphatic carbocycles. The van der Waals surface area contributed by atoms with Crippen LogP contribution in [0.4, 0.5) is 0 Å². The lowest BCUT2D eigenvalue weighted by molar-refractivity contribution is -0.139. The zero-order valence-corrected chi connectivity index (χ0v) is 24.8. The topological polar surface area (TPSA) is 79.1 Å². The van der Waals surface area contributed by atoms with E-state index < -0.39 is 12.0 Å². The molecule has 41 heavy (non-hydrogen) atoms. The van der Waals surface area contributed by atoms with Crippen molar-refractivity contribution in [1.82, 2.24) is 4.57 Å². The molecular formula is C31H26Cl2N2O5S. The number of hydrogen-bond acceptors (Lipinski definition) is 7. The van der Waals surface area contributed by atoms with E-state index in [1.807, 2.05) is 42.5 Å². The number of carbonyl (C=O) groups excluding carboxylic acids is 1. The van der Waals surface area contributed by atoms with E-state index in [1.165, 1.54) is 11.3 Å². The molecule has 7 nitrogen and oxygen atoms in total. The number of thiazole rings is 1. The summed E-state index contributed by atoms with van der Waals surface area (Å²) in [6.45, 7) is 4.01. The number of methoxy groups -OCH3 is 1. The maximum absolute atomic E-state index is 13.8. The Morgan fingerprint density at radius 3 is 2.41 bits per heavy atom. The normalized spacial score (nSPS) is 14.9. The molecule has 1 aromatic heterocycles. The molecule has 0 amide bonds. The van der Waals surface area contributed by atoms with E-state index in [9.17, 15) is 9.59 Å². The second-order valence-corrected chi connectivity index (χ2v) is 11.0. The Bertz CT molecular complexity index is 1810. The molecule has 0 fully saturated rings. The summed E-state index contributed by atoms with van der Waals surface area (Å²) < 4.78 is 18.6. The van der Waals surface area contributed by atoms with E-state index in [0.29, 0.717) is 48.8 Å². The van der Waals surface area contributed by atoms with E-state index in [1.54, 1.807) is 55.9 Å². The summed E-state index contributed by atoms with van der Waals surface area (Å²) in [6, 6.07) is 19.3. The Morgan fingerprint density at radius 2 is 1.76 bits per heavy atom. The number of allylic oxidation sites excluding steroid dienone is 1. The first kappa shape index (κ1) is 28.7. The Hall–Kier alpha value is -3.85. The van der Waals surface area contributed by atoms with Crippen molar-refractivity contribution in [3.05, 3.63) is 124 Å². The monoisotopic (exact) mass is 608 g/mol. The van der Waals surface area contributed by atoms with Gasteiger partial charge in [0.15, 0.2) is 4.80 Å². The Kier molecular flexibility index (Phi) is 8.63. The number of nitrogens with zero attached hydrogens (tertiary/aromatic N) is 2. The Labute approximate surface area is 250 Å². The highest BCUT2D eigenvalue weighted by atomic mass is 35.5. The molecule has 210 valence electrons. The van der Waals surface area contributed by atoms with Gasteiger partial charge in [0.1, 0.15) is 18.1 Å². The molecule has 0 spiro atoms. The fraction of sp³-hybridized carbons (Fsp3) is 0.194. The van der Waals surface area contributed by atoms with Gasteiger partial charge in [0, 0.05) is 15.6 Å². The molecule has 0 unspecified atom stereocenters. The first-order valence-corrected chi connectivity index (χ1v) is 14.4. The average molecular weight is 610 g/mol. The van der Waals surface area contributed by atoms with Crippen LogP contribution < -0.4 is 24.4 Å². The van der Waals surface area contributed by atoms with E-state index >= 15 is 0 Å². The van der Waals surface area contributed by atoms with Crippen LogP contribution in [-0.4, -0.2) is 24.3 Å². The zero-order chi connectivity index (χ0) is 29.1. The van der Waals surface area contributed by atoms with Crippen LogP contribution in [0.3, 0.4) is 0 Å². The molecular weight excluding hydrogens is 583 g/mol. The van der Waals surface area contributed by atoms with Crippen LogP contribution in [0.2, 0.25) is 10.0 Å². The predicted molar refractivity (Wildman–Crippen MR) is 161 cm³/mol. The second kappa shape index (κ2) is 12.3. The number of esters is 1. The standard InChI is InChI=1S/C31H26Cl2N2O5S/c1-4-39-30(37)27-18(2)34-31-35(28(27)20-8-13-23(38-3)14-9-20)29(36)26(41-31)15-19-5-11-24(12-6-19)40-17-21-7-10-22(32)16-25(21)33/h5-16,28H,4,17H2,1-3H3/b26-15-/t28-/m0/s1. The summed E-state index contributed by atoms with van der Waals surface area (Å²) in [5, 5.41) is 1.11. The number of aromatic nitrogens is 1. The van der Waals surface area contributed by atoms with Crippen molar-refractivity contribution in [2.75, 3.05) is 13.7 Å². The van der Waals surface area contributed by atoms with Crippen LogP contribution in [0.1, 0.15) is 36.6 Å². The maximum Gasteiger partial charge on any atom is 0.338 e. The van der Waals surface area contributed by atoms with Gasteiger partial charge in [-0.25, -0.2) is 9.79 Å². The summed E-state index contributed by atoms with van der Waals surface area (Å²) in [5.74, 6) is 0.825. The van der Waals surface area contributed by atoms with Crippen LogP contribution in [0.15, 0.2) is 87.8 Å². The lowest BCUT2D eigenvalue weighted by atomic mass is 9.96. The third-order valence-electron chi connectivity index (χ3n) is 6.54. The van der Waals surface area contributed by atoms with Gasteiger partial charge in [0.05, 0.1) is 35.6 Å². The molecule has 1 aliphatic heterocycles. The smallest absolute Gasteiger partial charge is 0.338 e. The third kappa shape index (κ3) is 6.10. The Morgan fingerprint density at radius 1 is 1.05 bits per heavy atom. The summed E-state index contributed by atoms with van der Waals surface area (Å²) >= 11 is 13.5. The minimum atomic E-state index is -0.686.